The molecule has 33 heavy (non-hydrogen) atoms. The first kappa shape index (κ1) is 21.3. The molecule has 1 saturated heterocycles. The number of fused-ring (bicyclic) bond motifs is 2. The highest BCUT2D eigenvalue weighted by Gasteiger charge is 2.23. The lowest BCUT2D eigenvalue weighted by Gasteiger charge is -2.28. The maximum atomic E-state index is 13.5. The average molecular weight is 450 g/mol. The molecule has 1 atom stereocenters. The lowest BCUT2D eigenvalue weighted by Crippen LogP contribution is -2.42. The molecule has 0 spiro atoms. The summed E-state index contributed by atoms with van der Waals surface area (Å²) in [6.45, 7) is 4.84. The van der Waals surface area contributed by atoms with Gasteiger partial charge >= 0.3 is 0 Å². The predicted octanol–water partition coefficient (Wildman–Crippen LogP) is 1.88. The van der Waals surface area contributed by atoms with Crippen LogP contribution in [-0.2, 0) is 16.1 Å². The molecule has 1 N–H and O–H groups in total. The Bertz CT molecular complexity index is 1220. The number of amides is 1. The van der Waals surface area contributed by atoms with Gasteiger partial charge in [0.15, 0.2) is 17.3 Å². The lowest BCUT2D eigenvalue weighted by molar-refractivity contribution is -0.122. The summed E-state index contributed by atoms with van der Waals surface area (Å²) in [5.74, 6) is 1.18. The Balaban J connectivity index is 1.52. The van der Waals surface area contributed by atoms with Gasteiger partial charge in [0, 0.05) is 25.2 Å². The van der Waals surface area contributed by atoms with Crippen molar-refractivity contribution < 1.29 is 19.0 Å². The lowest BCUT2D eigenvalue weighted by atomic mass is 10.1. The zero-order chi connectivity index (χ0) is 22.8. The van der Waals surface area contributed by atoms with Crippen molar-refractivity contribution in [2.75, 3.05) is 44.4 Å². The molecule has 172 valence electrons. The highest BCUT2D eigenvalue weighted by Crippen LogP contribution is 2.34. The Hall–Kier alpha value is -3.59. The molecule has 0 radical (unpaired) electrons. The van der Waals surface area contributed by atoms with Crippen molar-refractivity contribution in [2.45, 2.75) is 19.5 Å². The Kier molecular flexibility index (Phi) is 5.87. The smallest absolute Gasteiger partial charge is 0.294 e. The number of benzene rings is 2. The van der Waals surface area contributed by atoms with E-state index in [1.165, 1.54) is 4.57 Å². The monoisotopic (exact) mass is 450 g/mol. The van der Waals surface area contributed by atoms with Gasteiger partial charge < -0.3 is 24.4 Å². The summed E-state index contributed by atoms with van der Waals surface area (Å²) in [6.07, 6.45) is 0. The van der Waals surface area contributed by atoms with Crippen LogP contribution in [-0.4, -0.2) is 55.0 Å². The molecule has 0 aliphatic carbocycles. The fourth-order valence-electron chi connectivity index (χ4n) is 4.16. The average Bonchev–Trinajstić information content (AvgIpc) is 2.85. The Morgan fingerprint density at radius 1 is 1.06 bits per heavy atom. The van der Waals surface area contributed by atoms with Gasteiger partial charge in [0.05, 0.1) is 30.3 Å². The van der Waals surface area contributed by atoms with Crippen LogP contribution in [0.25, 0.3) is 11.0 Å². The molecule has 1 amide bonds. The number of anilines is 1. The number of nitrogens with one attached hydrogen (secondary N) is 1. The van der Waals surface area contributed by atoms with E-state index in [-0.39, 0.29) is 24.1 Å². The van der Waals surface area contributed by atoms with Gasteiger partial charge in [-0.2, -0.15) is 0 Å². The quantitative estimate of drug-likeness (QED) is 0.634. The van der Waals surface area contributed by atoms with Crippen LogP contribution in [0.3, 0.4) is 0 Å². The van der Waals surface area contributed by atoms with E-state index in [1.807, 2.05) is 42.2 Å². The van der Waals surface area contributed by atoms with Crippen molar-refractivity contribution in [2.24, 2.45) is 0 Å². The number of rotatable bonds is 5. The van der Waals surface area contributed by atoms with Crippen LogP contribution in [0.2, 0.25) is 0 Å². The van der Waals surface area contributed by atoms with Gasteiger partial charge in [0.2, 0.25) is 5.91 Å². The van der Waals surface area contributed by atoms with Crippen molar-refractivity contribution in [1.29, 1.82) is 0 Å². The molecule has 1 unspecified atom stereocenters. The summed E-state index contributed by atoms with van der Waals surface area (Å²) >= 11 is 0. The van der Waals surface area contributed by atoms with Gasteiger partial charge in [0.1, 0.15) is 19.8 Å². The van der Waals surface area contributed by atoms with Gasteiger partial charge in [-0.3, -0.25) is 14.2 Å². The third-order valence-corrected chi connectivity index (χ3v) is 5.88. The SMILES string of the molecule is CC(NC(=O)Cn1c(=O)c(N2CCOCC2)nc2cc3c(cc21)OCCO3)c1ccccc1. The number of nitrogens with zero attached hydrogens (tertiary/aromatic N) is 3. The van der Waals surface area contributed by atoms with Crippen LogP contribution in [0.4, 0.5) is 5.82 Å². The van der Waals surface area contributed by atoms with E-state index < -0.39 is 0 Å². The van der Waals surface area contributed by atoms with Crippen LogP contribution >= 0.6 is 0 Å². The van der Waals surface area contributed by atoms with Crippen LogP contribution in [0.1, 0.15) is 18.5 Å². The number of hydrogen-bond acceptors (Lipinski definition) is 7. The first-order chi connectivity index (χ1) is 16.1. The first-order valence-electron chi connectivity index (χ1n) is 11.1. The molecule has 2 aliphatic rings. The number of aromatic nitrogens is 2. The summed E-state index contributed by atoms with van der Waals surface area (Å²) in [5, 5.41) is 2.99. The van der Waals surface area contributed by atoms with Crippen molar-refractivity contribution in [3.8, 4) is 11.5 Å². The molecule has 2 aliphatic heterocycles. The van der Waals surface area contributed by atoms with Gasteiger partial charge in [0.25, 0.3) is 5.56 Å². The molecule has 5 rings (SSSR count). The topological polar surface area (TPSA) is 94.9 Å². The number of carbonyl (C=O) groups excluding carboxylic acids is 1. The molecule has 9 nitrogen and oxygen atoms in total. The van der Waals surface area contributed by atoms with Crippen molar-refractivity contribution >= 4 is 22.8 Å². The molecule has 3 heterocycles. The maximum absolute atomic E-state index is 13.5. The minimum absolute atomic E-state index is 0.133. The number of hydrogen-bond donors (Lipinski definition) is 1. The van der Waals surface area contributed by atoms with Crippen molar-refractivity contribution in [3.63, 3.8) is 0 Å². The summed E-state index contributed by atoms with van der Waals surface area (Å²) < 4.78 is 18.3. The Morgan fingerprint density at radius 3 is 2.48 bits per heavy atom. The molecule has 1 aromatic heterocycles. The molecule has 3 aromatic rings. The summed E-state index contributed by atoms with van der Waals surface area (Å²) in [7, 11) is 0. The minimum Gasteiger partial charge on any atom is -0.486 e. The molecule has 0 bridgehead atoms. The summed E-state index contributed by atoms with van der Waals surface area (Å²) in [5.41, 5.74) is 1.78. The van der Waals surface area contributed by atoms with Crippen molar-refractivity contribution in [1.82, 2.24) is 14.9 Å². The van der Waals surface area contributed by atoms with Gasteiger partial charge in [-0.25, -0.2) is 4.98 Å². The summed E-state index contributed by atoms with van der Waals surface area (Å²) in [4.78, 5) is 33.1. The number of carbonyl (C=O) groups is 1. The van der Waals surface area contributed by atoms with Crippen LogP contribution in [0.15, 0.2) is 47.3 Å². The number of morpholine rings is 1. The van der Waals surface area contributed by atoms with E-state index in [9.17, 15) is 9.59 Å². The van der Waals surface area contributed by atoms with Gasteiger partial charge in [-0.05, 0) is 12.5 Å². The highest BCUT2D eigenvalue weighted by atomic mass is 16.6. The Morgan fingerprint density at radius 2 is 1.76 bits per heavy atom. The van der Waals surface area contributed by atoms with Crippen LogP contribution < -0.4 is 25.2 Å². The van der Waals surface area contributed by atoms with Crippen LogP contribution in [0.5, 0.6) is 11.5 Å². The molecular formula is C24H26N4O5. The zero-order valence-corrected chi connectivity index (χ0v) is 18.5. The molecular weight excluding hydrogens is 424 g/mol. The van der Waals surface area contributed by atoms with E-state index in [2.05, 4.69) is 10.3 Å². The standard InChI is InChI=1S/C24H26N4O5/c1-16(17-5-3-2-4-6-17)25-22(29)15-28-19-14-21-20(32-11-12-33-21)13-18(19)26-23(24(28)30)27-7-9-31-10-8-27/h2-6,13-14,16H,7-12,15H2,1H3,(H,25,29). The van der Waals surface area contributed by atoms with E-state index in [4.69, 9.17) is 14.2 Å². The largest absolute Gasteiger partial charge is 0.486 e. The molecule has 1 fully saturated rings. The Labute approximate surface area is 190 Å². The van der Waals surface area contributed by atoms with Crippen LogP contribution in [0, 0.1) is 0 Å². The first-order valence-corrected chi connectivity index (χ1v) is 11.1. The zero-order valence-electron chi connectivity index (χ0n) is 18.5. The second-order valence-electron chi connectivity index (χ2n) is 8.11. The molecule has 0 saturated carbocycles. The van der Waals surface area contributed by atoms with E-state index >= 15 is 0 Å². The second-order valence-corrected chi connectivity index (χ2v) is 8.11. The van der Waals surface area contributed by atoms with E-state index in [1.54, 1.807) is 12.1 Å². The normalized spacial score (nSPS) is 16.5. The third-order valence-electron chi connectivity index (χ3n) is 5.88. The van der Waals surface area contributed by atoms with Gasteiger partial charge in [-0.1, -0.05) is 30.3 Å². The summed E-state index contributed by atoms with van der Waals surface area (Å²) in [6, 6.07) is 13.0. The fourth-order valence-corrected chi connectivity index (χ4v) is 4.16. The highest BCUT2D eigenvalue weighted by molar-refractivity contribution is 5.84. The van der Waals surface area contributed by atoms with E-state index in [0.29, 0.717) is 67.9 Å². The minimum atomic E-state index is -0.316. The number of ether oxygens (including phenoxy) is 3. The van der Waals surface area contributed by atoms with E-state index in [0.717, 1.165) is 5.56 Å². The second kappa shape index (κ2) is 9.11. The maximum Gasteiger partial charge on any atom is 0.294 e. The predicted molar refractivity (Wildman–Crippen MR) is 123 cm³/mol. The third kappa shape index (κ3) is 4.36. The molecule has 9 heteroatoms. The fraction of sp³-hybridized carbons (Fsp3) is 0.375. The molecule has 2 aromatic carbocycles. The van der Waals surface area contributed by atoms with Crippen molar-refractivity contribution in [3.05, 3.63) is 58.4 Å². The van der Waals surface area contributed by atoms with Gasteiger partial charge in [-0.15, -0.1) is 0 Å².